The van der Waals surface area contributed by atoms with E-state index in [9.17, 15) is 14.7 Å². The lowest BCUT2D eigenvalue weighted by Crippen LogP contribution is -2.21. The standard InChI is InChI=1S/C32H34O10/c1-6-8-9-13-37-31(35)23-14-20(11-12-25(23)39-19-36-5)26-15-24(33)29-28(41-26)16-27(22(10-7-2)30(29)34)38-17-21-18-40-32(3,4)42-21/h6-7,11-12,14-16,18,34H,1-2,8-10,13,17,19H2,3-5H3. The van der Waals surface area contributed by atoms with Crippen molar-refractivity contribution >= 4 is 16.9 Å². The lowest BCUT2D eigenvalue weighted by atomic mass is 10.0. The third-order valence-electron chi connectivity index (χ3n) is 6.23. The number of esters is 1. The minimum atomic E-state index is -0.809. The molecule has 0 atom stereocenters. The van der Waals surface area contributed by atoms with E-state index < -0.39 is 17.2 Å². The molecule has 222 valence electrons. The summed E-state index contributed by atoms with van der Waals surface area (Å²) in [5.74, 6) is -0.543. The Morgan fingerprint density at radius 3 is 2.60 bits per heavy atom. The summed E-state index contributed by atoms with van der Waals surface area (Å²) in [6.45, 7) is 11.1. The van der Waals surface area contributed by atoms with E-state index in [1.54, 1.807) is 38.1 Å². The quantitative estimate of drug-likeness (QED) is 0.105. The van der Waals surface area contributed by atoms with Crippen LogP contribution in [-0.4, -0.2) is 44.0 Å². The van der Waals surface area contributed by atoms with Crippen molar-refractivity contribution in [3.05, 3.63) is 89.0 Å². The van der Waals surface area contributed by atoms with Crippen molar-refractivity contribution in [2.45, 2.75) is 38.9 Å². The topological polar surface area (TPSA) is 123 Å². The smallest absolute Gasteiger partial charge is 0.341 e. The molecule has 3 aromatic rings. The molecule has 1 aliphatic rings. The van der Waals surface area contributed by atoms with Crippen molar-refractivity contribution in [1.29, 1.82) is 0 Å². The number of fused-ring (bicyclic) bond motifs is 1. The van der Waals surface area contributed by atoms with Crippen LogP contribution in [0.4, 0.5) is 0 Å². The number of hydrogen-bond donors (Lipinski definition) is 1. The lowest BCUT2D eigenvalue weighted by molar-refractivity contribution is -0.119. The number of benzene rings is 2. The second-order valence-corrected chi connectivity index (χ2v) is 9.86. The van der Waals surface area contributed by atoms with Crippen molar-refractivity contribution < 1.29 is 42.7 Å². The number of aromatic hydroxyl groups is 1. The van der Waals surface area contributed by atoms with E-state index in [0.717, 1.165) is 0 Å². The van der Waals surface area contributed by atoms with Gasteiger partial charge in [-0.25, -0.2) is 4.79 Å². The zero-order valence-electron chi connectivity index (χ0n) is 23.9. The van der Waals surface area contributed by atoms with E-state index >= 15 is 0 Å². The molecule has 0 radical (unpaired) electrons. The fourth-order valence-electron chi connectivity index (χ4n) is 4.28. The van der Waals surface area contributed by atoms with Gasteiger partial charge in [-0.3, -0.25) is 4.79 Å². The minimum absolute atomic E-state index is 0.00866. The fourth-order valence-corrected chi connectivity index (χ4v) is 4.28. The highest BCUT2D eigenvalue weighted by atomic mass is 16.7. The van der Waals surface area contributed by atoms with Gasteiger partial charge in [0.15, 0.2) is 18.0 Å². The molecule has 0 bridgehead atoms. The predicted molar refractivity (Wildman–Crippen MR) is 156 cm³/mol. The highest BCUT2D eigenvalue weighted by molar-refractivity contribution is 5.94. The third kappa shape index (κ3) is 6.95. The molecular formula is C32H34O10. The Morgan fingerprint density at radius 1 is 1.10 bits per heavy atom. The van der Waals surface area contributed by atoms with Gasteiger partial charge >= 0.3 is 5.97 Å². The van der Waals surface area contributed by atoms with Gasteiger partial charge in [0.05, 0.1) is 6.61 Å². The molecule has 0 unspecified atom stereocenters. The molecule has 1 aromatic heterocycles. The average molecular weight is 579 g/mol. The van der Waals surface area contributed by atoms with Crippen molar-refractivity contribution in [2.24, 2.45) is 0 Å². The predicted octanol–water partition coefficient (Wildman–Crippen LogP) is 6.00. The van der Waals surface area contributed by atoms with Crippen LogP contribution < -0.4 is 14.9 Å². The van der Waals surface area contributed by atoms with Crippen LogP contribution in [0.15, 0.2) is 76.9 Å². The summed E-state index contributed by atoms with van der Waals surface area (Å²) >= 11 is 0. The molecule has 2 aromatic carbocycles. The Kier molecular flexibility index (Phi) is 9.59. The first-order chi connectivity index (χ1) is 20.2. The van der Waals surface area contributed by atoms with Gasteiger partial charge in [0, 0.05) is 44.2 Å². The number of rotatable bonds is 14. The molecule has 1 N–H and O–H groups in total. The molecule has 4 rings (SSSR count). The Balaban J connectivity index is 1.72. The van der Waals surface area contributed by atoms with E-state index in [0.29, 0.717) is 29.7 Å². The van der Waals surface area contributed by atoms with Crippen LogP contribution in [0.2, 0.25) is 0 Å². The van der Waals surface area contributed by atoms with E-state index in [1.807, 2.05) is 0 Å². The number of methoxy groups -OCH3 is 1. The zero-order valence-corrected chi connectivity index (χ0v) is 23.9. The summed E-state index contributed by atoms with van der Waals surface area (Å²) in [5.41, 5.74) is 0.527. The third-order valence-corrected chi connectivity index (χ3v) is 6.23. The Bertz CT molecular complexity index is 1560. The normalized spacial score (nSPS) is 13.5. The zero-order chi connectivity index (χ0) is 30.3. The van der Waals surface area contributed by atoms with E-state index in [-0.39, 0.29) is 66.0 Å². The number of phenolic OH excluding ortho intramolecular Hbond substituents is 1. The van der Waals surface area contributed by atoms with Gasteiger partial charge in [-0.2, -0.15) is 0 Å². The van der Waals surface area contributed by atoms with Crippen molar-refractivity contribution in [3.8, 4) is 28.6 Å². The average Bonchev–Trinajstić information content (AvgIpc) is 3.32. The maximum absolute atomic E-state index is 13.3. The van der Waals surface area contributed by atoms with Gasteiger partial charge < -0.3 is 37.9 Å². The number of hydrogen-bond acceptors (Lipinski definition) is 10. The van der Waals surface area contributed by atoms with Gasteiger partial charge in [-0.1, -0.05) is 12.2 Å². The van der Waals surface area contributed by atoms with Crippen molar-refractivity contribution in [1.82, 2.24) is 0 Å². The number of unbranched alkanes of at least 4 members (excludes halogenated alkanes) is 1. The first-order valence-electron chi connectivity index (χ1n) is 13.3. The molecule has 42 heavy (non-hydrogen) atoms. The van der Waals surface area contributed by atoms with E-state index in [2.05, 4.69) is 13.2 Å². The molecule has 0 fully saturated rings. The molecule has 0 saturated heterocycles. The fraction of sp³-hybridized carbons (Fsp3) is 0.312. The van der Waals surface area contributed by atoms with Gasteiger partial charge in [-0.05, 0) is 37.5 Å². The second kappa shape index (κ2) is 13.3. The Morgan fingerprint density at radius 2 is 1.90 bits per heavy atom. The molecule has 1 aliphatic heterocycles. The first kappa shape index (κ1) is 30.3. The number of carbonyl (C=O) groups excluding carboxylic acids is 1. The van der Waals surface area contributed by atoms with E-state index in [4.69, 9.17) is 32.8 Å². The van der Waals surface area contributed by atoms with Gasteiger partial charge in [-0.15, -0.1) is 13.2 Å². The lowest BCUT2D eigenvalue weighted by Gasteiger charge is -2.19. The summed E-state index contributed by atoms with van der Waals surface area (Å²) in [7, 11) is 1.46. The highest BCUT2D eigenvalue weighted by Gasteiger charge is 2.28. The number of ether oxygens (including phenoxy) is 6. The number of carbonyl (C=O) groups is 1. The van der Waals surface area contributed by atoms with Crippen LogP contribution >= 0.6 is 0 Å². The van der Waals surface area contributed by atoms with Crippen LogP contribution in [0.5, 0.6) is 17.2 Å². The van der Waals surface area contributed by atoms with Gasteiger partial charge in [0.1, 0.15) is 52.4 Å². The minimum Gasteiger partial charge on any atom is -0.507 e. The SMILES string of the molecule is C=CCCCOC(=O)c1cc(-c2cc(=O)c3c(O)c(CC=C)c(OCC4=COC(C)(C)O4)cc3o2)ccc1OCOC. The van der Waals surface area contributed by atoms with Crippen LogP contribution in [0.25, 0.3) is 22.3 Å². The summed E-state index contributed by atoms with van der Waals surface area (Å²) in [6, 6.07) is 7.50. The molecule has 2 heterocycles. The van der Waals surface area contributed by atoms with Crippen molar-refractivity contribution in [3.63, 3.8) is 0 Å². The van der Waals surface area contributed by atoms with Crippen molar-refractivity contribution in [2.75, 3.05) is 27.1 Å². The number of allylic oxidation sites excluding steroid dienone is 2. The van der Waals surface area contributed by atoms with E-state index in [1.165, 1.54) is 31.6 Å². The molecule has 0 aliphatic carbocycles. The van der Waals surface area contributed by atoms with Crippen LogP contribution in [-0.2, 0) is 25.4 Å². The second-order valence-electron chi connectivity index (χ2n) is 9.86. The molecule has 10 heteroatoms. The molecule has 0 spiro atoms. The molecular weight excluding hydrogens is 544 g/mol. The first-order valence-corrected chi connectivity index (χ1v) is 13.3. The summed E-state index contributed by atoms with van der Waals surface area (Å²) in [4.78, 5) is 26.2. The highest BCUT2D eigenvalue weighted by Crippen LogP contribution is 2.38. The summed E-state index contributed by atoms with van der Waals surface area (Å²) < 4.78 is 39.1. The van der Waals surface area contributed by atoms with Gasteiger partial charge in [0.2, 0.25) is 5.79 Å². The monoisotopic (exact) mass is 578 g/mol. The molecule has 10 nitrogen and oxygen atoms in total. The largest absolute Gasteiger partial charge is 0.507 e. The van der Waals surface area contributed by atoms with Crippen LogP contribution in [0.3, 0.4) is 0 Å². The molecule has 0 amide bonds. The van der Waals surface area contributed by atoms with Crippen LogP contribution in [0.1, 0.15) is 42.6 Å². The number of phenols is 1. The summed E-state index contributed by atoms with van der Waals surface area (Å²) in [6.07, 6.45) is 6.36. The maximum Gasteiger partial charge on any atom is 0.341 e. The molecule has 0 saturated carbocycles. The summed E-state index contributed by atoms with van der Waals surface area (Å²) in [5, 5.41) is 11.1. The maximum atomic E-state index is 13.3. The van der Waals surface area contributed by atoms with Gasteiger partial charge in [0.25, 0.3) is 0 Å². The Labute approximate surface area is 243 Å². The Hall–Kier alpha value is -4.70. The van der Waals surface area contributed by atoms with Crippen LogP contribution in [0, 0.1) is 0 Å².